The van der Waals surface area contributed by atoms with E-state index in [0.717, 1.165) is 4.88 Å². The molecule has 0 unspecified atom stereocenters. The molecule has 1 aromatic heterocycles. The summed E-state index contributed by atoms with van der Waals surface area (Å²) >= 11 is 13.2. The van der Waals surface area contributed by atoms with Crippen LogP contribution in [0, 0.1) is 5.21 Å². The molecule has 0 atom stereocenters. The molecule has 104 valence electrons. The predicted molar refractivity (Wildman–Crippen MR) is 82.8 cm³/mol. The lowest BCUT2D eigenvalue weighted by atomic mass is 10.2. The molecule has 0 fully saturated rings. The molecular weight excluding hydrogens is 319 g/mol. The second-order valence-corrected chi connectivity index (χ2v) is 5.69. The van der Waals surface area contributed by atoms with Crippen molar-refractivity contribution in [1.29, 1.82) is 0 Å². The van der Waals surface area contributed by atoms with Gasteiger partial charge in [-0.15, -0.1) is 11.3 Å². The Morgan fingerprint density at radius 2 is 2.20 bits per heavy atom. The first-order valence-electron chi connectivity index (χ1n) is 5.58. The highest BCUT2D eigenvalue weighted by molar-refractivity contribution is 7.12. The van der Waals surface area contributed by atoms with Crippen molar-refractivity contribution in [2.45, 2.75) is 0 Å². The first-order chi connectivity index (χ1) is 9.60. The smallest absolute Gasteiger partial charge is 0.200 e. The van der Waals surface area contributed by atoms with E-state index in [0.29, 0.717) is 26.1 Å². The fraction of sp³-hybridized carbons (Fsp3) is 0.0769. The molecule has 1 aromatic carbocycles. The lowest BCUT2D eigenvalue weighted by molar-refractivity contribution is -0.434. The van der Waals surface area contributed by atoms with E-state index in [2.05, 4.69) is 5.16 Å². The average molecular weight is 329 g/mol. The van der Waals surface area contributed by atoms with Gasteiger partial charge in [0.05, 0.1) is 15.5 Å². The third kappa shape index (κ3) is 3.72. The molecule has 20 heavy (non-hydrogen) atoms. The molecule has 1 N–H and O–H groups in total. The first-order valence-corrected chi connectivity index (χ1v) is 7.22. The third-order valence-corrected chi connectivity index (χ3v) is 3.96. The zero-order chi connectivity index (χ0) is 14.5. The minimum absolute atomic E-state index is 0.0734. The van der Waals surface area contributed by atoms with Gasteiger partial charge in [-0.1, -0.05) is 34.4 Å². The summed E-state index contributed by atoms with van der Waals surface area (Å²) in [7, 11) is 0. The Balaban J connectivity index is 2.19. The third-order valence-electron chi connectivity index (χ3n) is 2.48. The van der Waals surface area contributed by atoms with Crippen molar-refractivity contribution >= 4 is 46.5 Å². The Hall–Kier alpha value is -1.56. The molecule has 0 saturated carbocycles. The second-order valence-electron chi connectivity index (χ2n) is 3.89. The molecule has 0 aliphatic carbocycles. The summed E-state index contributed by atoms with van der Waals surface area (Å²) in [4.78, 5) is 0.740. The van der Waals surface area contributed by atoms with Gasteiger partial charge in [0.15, 0.2) is 18.5 Å². The van der Waals surface area contributed by atoms with Crippen LogP contribution in [0.4, 0.5) is 0 Å². The van der Waals surface area contributed by atoms with E-state index in [-0.39, 0.29) is 6.54 Å². The molecule has 2 rings (SSSR count). The van der Waals surface area contributed by atoms with Gasteiger partial charge in [0.1, 0.15) is 0 Å². The van der Waals surface area contributed by atoms with Gasteiger partial charge in [-0.25, -0.2) is 4.74 Å². The number of thiophene rings is 1. The Bertz CT molecular complexity index is 654. The van der Waals surface area contributed by atoms with Gasteiger partial charge < -0.3 is 10.4 Å². The predicted octanol–water partition coefficient (Wildman–Crippen LogP) is 3.86. The van der Waals surface area contributed by atoms with Crippen LogP contribution in [0.2, 0.25) is 10.0 Å². The lowest BCUT2D eigenvalue weighted by Gasteiger charge is -2.05. The van der Waals surface area contributed by atoms with Gasteiger partial charge in [-0.05, 0) is 29.6 Å². The van der Waals surface area contributed by atoms with Crippen molar-refractivity contribution in [3.8, 4) is 0 Å². The summed E-state index contributed by atoms with van der Waals surface area (Å²) in [5, 5.41) is 26.8. The van der Waals surface area contributed by atoms with Crippen molar-refractivity contribution in [1.82, 2.24) is 0 Å². The number of hydrogen-bond acceptors (Lipinski definition) is 4. The quantitative estimate of drug-likeness (QED) is 0.304. The molecule has 2 aromatic rings. The minimum atomic E-state index is -0.0734. The van der Waals surface area contributed by atoms with Crippen LogP contribution in [-0.4, -0.2) is 28.4 Å². The number of rotatable bonds is 4. The molecule has 0 spiro atoms. The Morgan fingerprint density at radius 3 is 2.80 bits per heavy atom. The number of hydroxylamine groups is 1. The Kier molecular flexibility index (Phi) is 5.00. The maximum atomic E-state index is 11.9. The average Bonchev–Trinajstić information content (AvgIpc) is 2.93. The molecule has 0 saturated heterocycles. The van der Waals surface area contributed by atoms with Crippen molar-refractivity contribution in [3.63, 3.8) is 0 Å². The summed E-state index contributed by atoms with van der Waals surface area (Å²) in [6.07, 6.45) is 1.33. The van der Waals surface area contributed by atoms with E-state index in [9.17, 15) is 5.21 Å². The first kappa shape index (κ1) is 14.8. The highest BCUT2D eigenvalue weighted by Crippen LogP contribution is 2.19. The lowest BCUT2D eigenvalue weighted by Crippen LogP contribution is -2.17. The number of oxime groups is 1. The monoisotopic (exact) mass is 328 g/mol. The minimum Gasteiger partial charge on any atom is -0.623 e. The number of nitrogens with zero attached hydrogens (tertiary/aromatic N) is 2. The van der Waals surface area contributed by atoms with Crippen molar-refractivity contribution in [3.05, 3.63) is 61.4 Å². The zero-order valence-electron chi connectivity index (χ0n) is 10.2. The van der Waals surface area contributed by atoms with Crippen LogP contribution in [0.3, 0.4) is 0 Å². The van der Waals surface area contributed by atoms with E-state index in [4.69, 9.17) is 28.4 Å². The standard InChI is InChI=1S/C13H10Cl2N2O2S/c14-10-4-3-9(11(15)6-10)7-17(19)8-12(16-18)13-2-1-5-20-13/h1-7,18H,8H2. The SMILES string of the molecule is [O-][N+](=Cc1ccc(Cl)cc1Cl)CC(=NO)c1cccs1. The van der Waals surface area contributed by atoms with Crippen molar-refractivity contribution in [2.75, 3.05) is 6.54 Å². The van der Waals surface area contributed by atoms with Gasteiger partial charge >= 0.3 is 0 Å². The summed E-state index contributed by atoms with van der Waals surface area (Å²) in [6, 6.07) is 8.45. The molecule has 4 nitrogen and oxygen atoms in total. The van der Waals surface area contributed by atoms with Crippen LogP contribution in [0.5, 0.6) is 0 Å². The summed E-state index contributed by atoms with van der Waals surface area (Å²) in [6.45, 7) is -0.0734. The van der Waals surface area contributed by atoms with Crippen molar-refractivity contribution < 1.29 is 9.95 Å². The molecule has 1 heterocycles. The van der Waals surface area contributed by atoms with Gasteiger partial charge in [0.25, 0.3) is 0 Å². The van der Waals surface area contributed by atoms with Crippen LogP contribution < -0.4 is 0 Å². The molecule has 0 amide bonds. The number of halogens is 2. The summed E-state index contributed by atoms with van der Waals surface area (Å²) in [5.41, 5.74) is 0.853. The van der Waals surface area contributed by atoms with Crippen LogP contribution in [0.15, 0.2) is 40.9 Å². The van der Waals surface area contributed by atoms with Crippen LogP contribution in [-0.2, 0) is 0 Å². The normalized spacial score (nSPS) is 12.7. The number of hydrogen-bond donors (Lipinski definition) is 1. The van der Waals surface area contributed by atoms with Crippen LogP contribution >= 0.6 is 34.5 Å². The molecular formula is C13H10Cl2N2O2S. The highest BCUT2D eigenvalue weighted by Gasteiger charge is 2.11. The molecule has 0 bridgehead atoms. The summed E-state index contributed by atoms with van der Waals surface area (Å²) in [5.74, 6) is 0. The largest absolute Gasteiger partial charge is 0.623 e. The maximum Gasteiger partial charge on any atom is 0.200 e. The fourth-order valence-electron chi connectivity index (χ4n) is 1.56. The van der Waals surface area contributed by atoms with E-state index < -0.39 is 0 Å². The Labute approximate surface area is 129 Å². The van der Waals surface area contributed by atoms with E-state index >= 15 is 0 Å². The molecule has 0 aliphatic heterocycles. The van der Waals surface area contributed by atoms with Crippen LogP contribution in [0.25, 0.3) is 0 Å². The van der Waals surface area contributed by atoms with Gasteiger partial charge in [0, 0.05) is 5.02 Å². The Morgan fingerprint density at radius 1 is 1.40 bits per heavy atom. The molecule has 0 radical (unpaired) electrons. The highest BCUT2D eigenvalue weighted by atomic mass is 35.5. The van der Waals surface area contributed by atoms with Crippen molar-refractivity contribution in [2.24, 2.45) is 5.16 Å². The molecule has 0 aliphatic rings. The number of benzene rings is 1. The van der Waals surface area contributed by atoms with Gasteiger partial charge in [0.2, 0.25) is 0 Å². The zero-order valence-corrected chi connectivity index (χ0v) is 12.5. The van der Waals surface area contributed by atoms with E-state index in [1.807, 2.05) is 11.4 Å². The van der Waals surface area contributed by atoms with E-state index in [1.165, 1.54) is 17.6 Å². The second kappa shape index (κ2) is 6.74. The maximum absolute atomic E-state index is 11.9. The van der Waals surface area contributed by atoms with E-state index in [1.54, 1.807) is 24.3 Å². The topological polar surface area (TPSA) is 58.7 Å². The van der Waals surface area contributed by atoms with Gasteiger partial charge in [-0.2, -0.15) is 0 Å². The van der Waals surface area contributed by atoms with Gasteiger partial charge in [-0.3, -0.25) is 0 Å². The summed E-state index contributed by atoms with van der Waals surface area (Å²) < 4.78 is 0.657. The molecule has 7 heteroatoms. The van der Waals surface area contributed by atoms with Crippen LogP contribution in [0.1, 0.15) is 10.4 Å². The fourth-order valence-corrected chi connectivity index (χ4v) is 2.72.